The summed E-state index contributed by atoms with van der Waals surface area (Å²) in [6, 6.07) is 5.24. The number of methoxy groups -OCH3 is 1. The molecule has 0 bridgehead atoms. The van der Waals surface area contributed by atoms with Crippen molar-refractivity contribution in [2.45, 2.75) is 20.3 Å². The Balaban J connectivity index is 2.31. The van der Waals surface area contributed by atoms with Gasteiger partial charge in [-0.25, -0.2) is 0 Å². The second-order valence-electron chi connectivity index (χ2n) is 4.90. The molecule has 0 aliphatic heterocycles. The normalized spacial score (nSPS) is 10.7. The van der Waals surface area contributed by atoms with Gasteiger partial charge in [0, 0.05) is 18.7 Å². The first kappa shape index (κ1) is 17.0. The summed E-state index contributed by atoms with van der Waals surface area (Å²) in [4.78, 5) is 11.9. The number of hydrogen-bond acceptors (Lipinski definition) is 3. The maximum atomic E-state index is 11.9. The summed E-state index contributed by atoms with van der Waals surface area (Å²) in [6.45, 7) is 6.11. The Hall–Kier alpha value is -1.07. The molecular weight excluding hydrogens is 322 g/mol. The van der Waals surface area contributed by atoms with Crippen LogP contribution in [0.25, 0.3) is 0 Å². The van der Waals surface area contributed by atoms with Gasteiger partial charge in [-0.15, -0.1) is 0 Å². The van der Waals surface area contributed by atoms with E-state index in [-0.39, 0.29) is 5.91 Å². The Labute approximate surface area is 129 Å². The van der Waals surface area contributed by atoms with E-state index in [2.05, 4.69) is 35.1 Å². The van der Waals surface area contributed by atoms with E-state index in [0.29, 0.717) is 30.4 Å². The molecule has 0 unspecified atom stereocenters. The van der Waals surface area contributed by atoms with Crippen molar-refractivity contribution in [1.82, 2.24) is 5.32 Å². The van der Waals surface area contributed by atoms with Crippen molar-refractivity contribution in [2.24, 2.45) is 5.92 Å². The van der Waals surface area contributed by atoms with Gasteiger partial charge in [-0.1, -0.05) is 13.8 Å². The van der Waals surface area contributed by atoms with E-state index < -0.39 is 0 Å². The molecule has 0 fully saturated rings. The number of carbonyl (C=O) groups excluding carboxylic acids is 1. The molecule has 1 N–H and O–H groups in total. The van der Waals surface area contributed by atoms with Gasteiger partial charge in [0.1, 0.15) is 5.75 Å². The van der Waals surface area contributed by atoms with Crippen molar-refractivity contribution in [2.75, 3.05) is 26.9 Å². The molecule has 1 aromatic carbocycles. The highest BCUT2D eigenvalue weighted by Crippen LogP contribution is 2.25. The second kappa shape index (κ2) is 8.97. The van der Waals surface area contributed by atoms with Gasteiger partial charge < -0.3 is 14.8 Å². The SMILES string of the molecule is COc1ccc(C(=O)NCCOCCC(C)C)cc1Br. The van der Waals surface area contributed by atoms with Crippen LogP contribution in [0.5, 0.6) is 5.75 Å². The molecule has 5 heteroatoms. The van der Waals surface area contributed by atoms with Crippen molar-refractivity contribution < 1.29 is 14.3 Å². The summed E-state index contributed by atoms with van der Waals surface area (Å²) in [5.41, 5.74) is 0.597. The monoisotopic (exact) mass is 343 g/mol. The van der Waals surface area contributed by atoms with Gasteiger partial charge in [-0.05, 0) is 46.5 Å². The Bertz CT molecular complexity index is 435. The van der Waals surface area contributed by atoms with Crippen molar-refractivity contribution in [3.8, 4) is 5.75 Å². The fourth-order valence-electron chi connectivity index (χ4n) is 1.57. The fourth-order valence-corrected chi connectivity index (χ4v) is 2.11. The van der Waals surface area contributed by atoms with Crippen LogP contribution in [0.1, 0.15) is 30.6 Å². The first-order valence-electron chi connectivity index (χ1n) is 6.74. The van der Waals surface area contributed by atoms with E-state index in [1.807, 2.05) is 0 Å². The summed E-state index contributed by atoms with van der Waals surface area (Å²) in [6.07, 6.45) is 1.04. The van der Waals surface area contributed by atoms with Crippen LogP contribution in [0, 0.1) is 5.92 Å². The molecule has 0 heterocycles. The molecule has 0 aliphatic carbocycles. The van der Waals surface area contributed by atoms with Gasteiger partial charge in [0.15, 0.2) is 0 Å². The maximum absolute atomic E-state index is 11.9. The molecule has 0 aromatic heterocycles. The van der Waals surface area contributed by atoms with E-state index in [1.165, 1.54) is 0 Å². The largest absolute Gasteiger partial charge is 0.496 e. The minimum Gasteiger partial charge on any atom is -0.496 e. The third-order valence-electron chi connectivity index (χ3n) is 2.79. The lowest BCUT2D eigenvalue weighted by atomic mass is 10.1. The molecule has 20 heavy (non-hydrogen) atoms. The molecule has 0 atom stereocenters. The van der Waals surface area contributed by atoms with Crippen LogP contribution in [0.3, 0.4) is 0 Å². The zero-order valence-corrected chi connectivity index (χ0v) is 13.8. The molecule has 1 aromatic rings. The van der Waals surface area contributed by atoms with E-state index in [1.54, 1.807) is 25.3 Å². The quantitative estimate of drug-likeness (QED) is 0.737. The zero-order chi connectivity index (χ0) is 15.0. The molecule has 1 amide bonds. The number of rotatable bonds is 8. The molecule has 0 saturated heterocycles. The Kier molecular flexibility index (Phi) is 7.62. The number of carbonyl (C=O) groups is 1. The number of amides is 1. The lowest BCUT2D eigenvalue weighted by molar-refractivity contribution is 0.0905. The molecule has 4 nitrogen and oxygen atoms in total. The Morgan fingerprint density at radius 1 is 1.35 bits per heavy atom. The van der Waals surface area contributed by atoms with Crippen LogP contribution in [-0.2, 0) is 4.74 Å². The number of halogens is 1. The van der Waals surface area contributed by atoms with Crippen molar-refractivity contribution in [1.29, 1.82) is 0 Å². The number of nitrogens with one attached hydrogen (secondary N) is 1. The molecule has 112 valence electrons. The van der Waals surface area contributed by atoms with Gasteiger partial charge in [0.2, 0.25) is 0 Å². The summed E-state index contributed by atoms with van der Waals surface area (Å²) < 4.78 is 11.3. The molecule has 0 aliphatic rings. The first-order valence-corrected chi connectivity index (χ1v) is 7.53. The Morgan fingerprint density at radius 3 is 2.70 bits per heavy atom. The third kappa shape index (κ3) is 5.92. The summed E-state index contributed by atoms with van der Waals surface area (Å²) >= 11 is 3.36. The van der Waals surface area contributed by atoms with Crippen LogP contribution >= 0.6 is 15.9 Å². The molecule has 1 rings (SSSR count). The highest BCUT2D eigenvalue weighted by atomic mass is 79.9. The highest BCUT2D eigenvalue weighted by molar-refractivity contribution is 9.10. The van der Waals surface area contributed by atoms with Crippen LogP contribution in [0.15, 0.2) is 22.7 Å². The topological polar surface area (TPSA) is 47.6 Å². The van der Waals surface area contributed by atoms with Gasteiger partial charge >= 0.3 is 0 Å². The number of hydrogen-bond donors (Lipinski definition) is 1. The summed E-state index contributed by atoms with van der Waals surface area (Å²) in [5.74, 6) is 1.24. The second-order valence-corrected chi connectivity index (χ2v) is 5.75. The minimum atomic E-state index is -0.110. The predicted octanol–water partition coefficient (Wildman–Crippen LogP) is 3.25. The average Bonchev–Trinajstić information content (AvgIpc) is 2.42. The van der Waals surface area contributed by atoms with Crippen molar-refractivity contribution >= 4 is 21.8 Å². The van der Waals surface area contributed by atoms with Crippen LogP contribution in [0.2, 0.25) is 0 Å². The standard InChI is InChI=1S/C15H22BrNO3/c1-11(2)6-8-20-9-7-17-15(18)12-4-5-14(19-3)13(16)10-12/h4-5,10-11H,6-9H2,1-3H3,(H,17,18). The van der Waals surface area contributed by atoms with Gasteiger partial charge in [0.05, 0.1) is 18.2 Å². The number of benzene rings is 1. The lowest BCUT2D eigenvalue weighted by Crippen LogP contribution is -2.27. The van der Waals surface area contributed by atoms with Gasteiger partial charge in [-0.2, -0.15) is 0 Å². The molecule has 0 radical (unpaired) electrons. The van der Waals surface area contributed by atoms with E-state index in [9.17, 15) is 4.79 Å². The third-order valence-corrected chi connectivity index (χ3v) is 3.41. The Morgan fingerprint density at radius 2 is 2.10 bits per heavy atom. The summed E-state index contributed by atoms with van der Waals surface area (Å²) in [7, 11) is 1.59. The predicted molar refractivity (Wildman–Crippen MR) is 83.3 cm³/mol. The van der Waals surface area contributed by atoms with Crippen LogP contribution in [-0.4, -0.2) is 32.8 Å². The minimum absolute atomic E-state index is 0.110. The van der Waals surface area contributed by atoms with E-state index in [0.717, 1.165) is 17.5 Å². The number of ether oxygens (including phenoxy) is 2. The molecule has 0 saturated carbocycles. The smallest absolute Gasteiger partial charge is 0.251 e. The maximum Gasteiger partial charge on any atom is 0.251 e. The first-order chi connectivity index (χ1) is 9.54. The van der Waals surface area contributed by atoms with Crippen LogP contribution in [0.4, 0.5) is 0 Å². The zero-order valence-electron chi connectivity index (χ0n) is 12.2. The summed E-state index contributed by atoms with van der Waals surface area (Å²) in [5, 5.41) is 2.83. The van der Waals surface area contributed by atoms with Gasteiger partial charge in [-0.3, -0.25) is 4.79 Å². The van der Waals surface area contributed by atoms with E-state index in [4.69, 9.17) is 9.47 Å². The van der Waals surface area contributed by atoms with E-state index >= 15 is 0 Å². The highest BCUT2D eigenvalue weighted by Gasteiger charge is 2.08. The average molecular weight is 344 g/mol. The van der Waals surface area contributed by atoms with Crippen molar-refractivity contribution in [3.05, 3.63) is 28.2 Å². The van der Waals surface area contributed by atoms with Crippen LogP contribution < -0.4 is 10.1 Å². The van der Waals surface area contributed by atoms with Gasteiger partial charge in [0.25, 0.3) is 5.91 Å². The lowest BCUT2D eigenvalue weighted by Gasteiger charge is -2.09. The van der Waals surface area contributed by atoms with Crippen molar-refractivity contribution in [3.63, 3.8) is 0 Å². The molecular formula is C15H22BrNO3. The molecule has 0 spiro atoms. The fraction of sp³-hybridized carbons (Fsp3) is 0.533.